The number of hydrogen-bond acceptors (Lipinski definition) is 5. The van der Waals surface area contributed by atoms with E-state index in [-0.39, 0.29) is 0 Å². The first kappa shape index (κ1) is 22.0. The highest BCUT2D eigenvalue weighted by atomic mass is 16.5. The Morgan fingerprint density at radius 3 is 2.18 bits per heavy atom. The number of rotatable bonds is 9. The number of anilines is 1. The molecule has 0 radical (unpaired) electrons. The highest BCUT2D eigenvalue weighted by Gasteiger charge is 2.33. The molecule has 0 aliphatic heterocycles. The number of carboxylic acid groups (broad SMARTS) is 1. The van der Waals surface area contributed by atoms with Crippen molar-refractivity contribution in [1.29, 1.82) is 0 Å². The van der Waals surface area contributed by atoms with Gasteiger partial charge in [0.25, 0.3) is 0 Å². The minimum atomic E-state index is -1.22. The van der Waals surface area contributed by atoms with Crippen LogP contribution in [0.1, 0.15) is 18.1 Å². The van der Waals surface area contributed by atoms with Crippen LogP contribution in [0.25, 0.3) is 11.3 Å². The van der Waals surface area contributed by atoms with Gasteiger partial charge in [0.2, 0.25) is 0 Å². The van der Waals surface area contributed by atoms with E-state index in [9.17, 15) is 9.90 Å². The summed E-state index contributed by atoms with van der Waals surface area (Å²) in [5, 5.41) is 13.0. The number of aromatic nitrogens is 2. The van der Waals surface area contributed by atoms with Crippen LogP contribution in [-0.4, -0.2) is 26.6 Å². The van der Waals surface area contributed by atoms with Crippen LogP contribution in [0.15, 0.2) is 97.3 Å². The predicted octanol–water partition coefficient (Wildman–Crippen LogP) is 5.22. The lowest BCUT2D eigenvalue weighted by Gasteiger charge is -2.27. The zero-order chi connectivity index (χ0) is 23.1. The maximum absolute atomic E-state index is 12.1. The molecule has 0 amide bonds. The minimum absolute atomic E-state index is 0.315. The van der Waals surface area contributed by atoms with E-state index in [0.717, 1.165) is 22.4 Å². The van der Waals surface area contributed by atoms with E-state index >= 15 is 0 Å². The first-order valence-electron chi connectivity index (χ1n) is 10.7. The van der Waals surface area contributed by atoms with Gasteiger partial charge in [-0.05, 0) is 42.3 Å². The van der Waals surface area contributed by atoms with Crippen LogP contribution in [-0.2, 0) is 17.8 Å². The molecule has 1 unspecified atom stereocenters. The molecule has 3 aromatic carbocycles. The zero-order valence-electron chi connectivity index (χ0n) is 18.3. The maximum Gasteiger partial charge on any atom is 0.329 e. The Labute approximate surface area is 192 Å². The van der Waals surface area contributed by atoms with Gasteiger partial charge in [-0.3, -0.25) is 0 Å². The van der Waals surface area contributed by atoms with Gasteiger partial charge < -0.3 is 15.2 Å². The van der Waals surface area contributed by atoms with Crippen molar-refractivity contribution >= 4 is 11.8 Å². The SMILES string of the molecule is CC(Cc1ccccc1)(Nc1cc(-c2ccc(OCc3ccccc3)cc2)ncn1)C(=O)O. The van der Waals surface area contributed by atoms with Crippen molar-refractivity contribution in [2.75, 3.05) is 5.32 Å². The fraction of sp³-hybridized carbons (Fsp3) is 0.148. The summed E-state index contributed by atoms with van der Waals surface area (Å²) in [6.45, 7) is 2.15. The lowest BCUT2D eigenvalue weighted by atomic mass is 9.93. The van der Waals surface area contributed by atoms with E-state index in [1.54, 1.807) is 13.0 Å². The number of ether oxygens (including phenoxy) is 1. The molecule has 4 rings (SSSR count). The van der Waals surface area contributed by atoms with Crippen molar-refractivity contribution in [2.45, 2.75) is 25.5 Å². The Morgan fingerprint density at radius 1 is 0.909 bits per heavy atom. The second-order valence-electron chi connectivity index (χ2n) is 8.01. The van der Waals surface area contributed by atoms with Crippen LogP contribution >= 0.6 is 0 Å². The van der Waals surface area contributed by atoms with Crippen LogP contribution in [0.2, 0.25) is 0 Å². The van der Waals surface area contributed by atoms with Crippen molar-refractivity contribution in [1.82, 2.24) is 9.97 Å². The monoisotopic (exact) mass is 439 g/mol. The number of carbonyl (C=O) groups is 1. The molecule has 6 nitrogen and oxygen atoms in total. The number of nitrogens with one attached hydrogen (secondary N) is 1. The number of nitrogens with zero attached hydrogens (tertiary/aromatic N) is 2. The third kappa shape index (κ3) is 5.74. The summed E-state index contributed by atoms with van der Waals surface area (Å²) in [7, 11) is 0. The second kappa shape index (κ2) is 9.96. The van der Waals surface area contributed by atoms with Crippen molar-refractivity contribution in [3.63, 3.8) is 0 Å². The third-order valence-corrected chi connectivity index (χ3v) is 5.34. The fourth-order valence-electron chi connectivity index (χ4n) is 3.51. The molecule has 0 aliphatic rings. The molecule has 1 heterocycles. The van der Waals surface area contributed by atoms with Crippen molar-refractivity contribution in [3.8, 4) is 17.0 Å². The summed E-state index contributed by atoms with van der Waals surface area (Å²) in [6.07, 6.45) is 1.75. The highest BCUT2D eigenvalue weighted by Crippen LogP contribution is 2.25. The summed E-state index contributed by atoms with van der Waals surface area (Å²) in [4.78, 5) is 20.7. The van der Waals surface area contributed by atoms with Gasteiger partial charge in [-0.1, -0.05) is 60.7 Å². The lowest BCUT2D eigenvalue weighted by Crippen LogP contribution is -2.45. The van der Waals surface area contributed by atoms with E-state index in [0.29, 0.717) is 24.5 Å². The van der Waals surface area contributed by atoms with Crippen LogP contribution in [0.5, 0.6) is 5.75 Å². The molecular weight excluding hydrogens is 414 g/mol. The van der Waals surface area contributed by atoms with Crippen molar-refractivity contribution < 1.29 is 14.6 Å². The molecule has 0 saturated carbocycles. The first-order valence-corrected chi connectivity index (χ1v) is 10.7. The number of benzene rings is 3. The van der Waals surface area contributed by atoms with E-state index in [2.05, 4.69) is 15.3 Å². The largest absolute Gasteiger partial charge is 0.489 e. The number of hydrogen-bond donors (Lipinski definition) is 2. The molecule has 2 N–H and O–H groups in total. The van der Waals surface area contributed by atoms with Gasteiger partial charge >= 0.3 is 5.97 Å². The van der Waals surface area contributed by atoms with Crippen LogP contribution in [0, 0.1) is 0 Å². The number of aliphatic carboxylic acids is 1. The molecule has 1 atom stereocenters. The summed E-state index contributed by atoms with van der Waals surface area (Å²) >= 11 is 0. The smallest absolute Gasteiger partial charge is 0.329 e. The van der Waals surface area contributed by atoms with E-state index in [1.165, 1.54) is 6.33 Å². The standard InChI is InChI=1S/C27H25N3O3/c1-27(26(31)32,17-20-8-4-2-5-9-20)30-25-16-24(28-19-29-25)22-12-14-23(15-13-22)33-18-21-10-6-3-7-11-21/h2-16,19H,17-18H2,1H3,(H,31,32)(H,28,29,30). The van der Waals surface area contributed by atoms with Gasteiger partial charge in [0.15, 0.2) is 0 Å². The Hall–Kier alpha value is -4.19. The second-order valence-corrected chi connectivity index (χ2v) is 8.01. The fourth-order valence-corrected chi connectivity index (χ4v) is 3.51. The quantitative estimate of drug-likeness (QED) is 0.372. The molecule has 0 saturated heterocycles. The van der Waals surface area contributed by atoms with E-state index in [1.807, 2.05) is 84.9 Å². The summed E-state index contributed by atoms with van der Waals surface area (Å²) < 4.78 is 5.85. The van der Waals surface area contributed by atoms with Gasteiger partial charge in [-0.15, -0.1) is 0 Å². The van der Waals surface area contributed by atoms with Crippen LogP contribution in [0.4, 0.5) is 5.82 Å². The predicted molar refractivity (Wildman–Crippen MR) is 128 cm³/mol. The molecular formula is C27H25N3O3. The van der Waals surface area contributed by atoms with Gasteiger partial charge in [0.05, 0.1) is 5.69 Å². The zero-order valence-corrected chi connectivity index (χ0v) is 18.3. The molecule has 33 heavy (non-hydrogen) atoms. The molecule has 0 aliphatic carbocycles. The number of carboxylic acids is 1. The molecule has 1 aromatic heterocycles. The van der Waals surface area contributed by atoms with Crippen LogP contribution in [0.3, 0.4) is 0 Å². The normalized spacial score (nSPS) is 12.5. The summed E-state index contributed by atoms with van der Waals surface area (Å²) in [5.41, 5.74) is 2.38. The first-order chi connectivity index (χ1) is 16.0. The summed E-state index contributed by atoms with van der Waals surface area (Å²) in [6, 6.07) is 28.9. The molecule has 0 spiro atoms. The average Bonchev–Trinajstić information content (AvgIpc) is 2.84. The Bertz CT molecular complexity index is 1200. The topological polar surface area (TPSA) is 84.3 Å². The van der Waals surface area contributed by atoms with Crippen molar-refractivity contribution in [3.05, 3.63) is 108 Å². The minimum Gasteiger partial charge on any atom is -0.489 e. The molecule has 4 aromatic rings. The molecule has 6 heteroatoms. The molecule has 166 valence electrons. The third-order valence-electron chi connectivity index (χ3n) is 5.34. The maximum atomic E-state index is 12.1. The molecule has 0 bridgehead atoms. The Morgan fingerprint density at radius 2 is 1.55 bits per heavy atom. The average molecular weight is 440 g/mol. The van der Waals surface area contributed by atoms with Gasteiger partial charge in [0, 0.05) is 18.1 Å². The van der Waals surface area contributed by atoms with E-state index < -0.39 is 11.5 Å². The van der Waals surface area contributed by atoms with Gasteiger partial charge in [-0.25, -0.2) is 14.8 Å². The highest BCUT2D eigenvalue weighted by molar-refractivity contribution is 5.82. The van der Waals surface area contributed by atoms with Gasteiger partial charge in [-0.2, -0.15) is 0 Å². The van der Waals surface area contributed by atoms with Crippen molar-refractivity contribution in [2.24, 2.45) is 0 Å². The summed E-state index contributed by atoms with van der Waals surface area (Å²) in [5.74, 6) is 0.257. The van der Waals surface area contributed by atoms with E-state index in [4.69, 9.17) is 4.74 Å². The Balaban J connectivity index is 1.47. The van der Waals surface area contributed by atoms with Gasteiger partial charge in [0.1, 0.15) is 30.0 Å². The lowest BCUT2D eigenvalue weighted by molar-refractivity contribution is -0.141. The molecule has 0 fully saturated rings. The van der Waals surface area contributed by atoms with Crippen LogP contribution < -0.4 is 10.1 Å². The Kier molecular flexibility index (Phi) is 6.64.